The molecule has 1 N–H and O–H groups in total. The number of benzene rings is 1. The van der Waals surface area contributed by atoms with Crippen LogP contribution in [0.25, 0.3) is 0 Å². The van der Waals surface area contributed by atoms with Crippen molar-refractivity contribution in [2.45, 2.75) is 52.0 Å². The van der Waals surface area contributed by atoms with Crippen molar-refractivity contribution in [3.63, 3.8) is 0 Å². The lowest BCUT2D eigenvalue weighted by atomic mass is 9.92. The number of nitrogens with one attached hydrogen (secondary N) is 1. The van der Waals surface area contributed by atoms with Gasteiger partial charge in [-0.3, -0.25) is 19.3 Å². The Hall–Kier alpha value is -2.17. The molecule has 0 spiro atoms. The van der Waals surface area contributed by atoms with Gasteiger partial charge in [0, 0.05) is 19.0 Å². The van der Waals surface area contributed by atoms with E-state index in [0.29, 0.717) is 29.4 Å². The van der Waals surface area contributed by atoms with E-state index < -0.39 is 0 Å². The lowest BCUT2D eigenvalue weighted by molar-refractivity contribution is -0.121. The molecule has 1 atom stereocenters. The summed E-state index contributed by atoms with van der Waals surface area (Å²) in [6.45, 7) is 4.73. The van der Waals surface area contributed by atoms with Gasteiger partial charge in [-0.15, -0.1) is 0 Å². The Balaban J connectivity index is 1.47. The number of imide groups is 1. The van der Waals surface area contributed by atoms with E-state index in [1.165, 1.54) is 4.90 Å². The summed E-state index contributed by atoms with van der Waals surface area (Å²) < 4.78 is 0. The molecule has 3 rings (SSSR count). The fourth-order valence-electron chi connectivity index (χ4n) is 3.70. The van der Waals surface area contributed by atoms with Crippen molar-refractivity contribution in [1.29, 1.82) is 0 Å². The Bertz CT molecular complexity index is 646. The minimum absolute atomic E-state index is 0.00862. The number of nitrogens with zero attached hydrogens (tertiary/aromatic N) is 1. The van der Waals surface area contributed by atoms with Gasteiger partial charge in [-0.05, 0) is 43.2 Å². The molecule has 0 radical (unpaired) electrons. The highest BCUT2D eigenvalue weighted by atomic mass is 16.2. The van der Waals surface area contributed by atoms with Crippen LogP contribution in [-0.4, -0.2) is 35.2 Å². The molecule has 0 bridgehead atoms. The smallest absolute Gasteiger partial charge is 0.261 e. The van der Waals surface area contributed by atoms with E-state index in [9.17, 15) is 14.4 Å². The summed E-state index contributed by atoms with van der Waals surface area (Å²) >= 11 is 0. The molecule has 1 fully saturated rings. The third-order valence-electron chi connectivity index (χ3n) is 5.00. The molecule has 1 unspecified atom stereocenters. The van der Waals surface area contributed by atoms with E-state index in [-0.39, 0.29) is 30.3 Å². The highest BCUT2D eigenvalue weighted by Gasteiger charge is 2.35. The third-order valence-corrected chi connectivity index (χ3v) is 5.00. The Morgan fingerprint density at radius 2 is 1.83 bits per heavy atom. The highest BCUT2D eigenvalue weighted by Crippen LogP contribution is 2.36. The second-order valence-electron chi connectivity index (χ2n) is 7.58. The first-order chi connectivity index (χ1) is 11.4. The van der Waals surface area contributed by atoms with Crippen LogP contribution in [0.2, 0.25) is 0 Å². The maximum atomic E-state index is 12.2. The monoisotopic (exact) mass is 328 g/mol. The van der Waals surface area contributed by atoms with Crippen LogP contribution in [0.5, 0.6) is 0 Å². The predicted octanol–water partition coefficient (Wildman–Crippen LogP) is 2.76. The van der Waals surface area contributed by atoms with Gasteiger partial charge in [0.1, 0.15) is 0 Å². The molecule has 1 aliphatic carbocycles. The minimum Gasteiger partial charge on any atom is -0.353 e. The normalized spacial score (nSPS) is 21.9. The number of carbonyl (C=O) groups excluding carboxylic acids is 3. The highest BCUT2D eigenvalue weighted by molar-refractivity contribution is 6.21. The summed E-state index contributed by atoms with van der Waals surface area (Å²) in [6.07, 6.45) is 4.00. The molecule has 1 saturated carbocycles. The van der Waals surface area contributed by atoms with Crippen LogP contribution >= 0.6 is 0 Å². The molecule has 0 saturated heterocycles. The average Bonchev–Trinajstić information content (AvgIpc) is 2.99. The number of hydrogen-bond acceptors (Lipinski definition) is 3. The number of carbonyl (C=O) groups is 3. The van der Waals surface area contributed by atoms with Gasteiger partial charge in [-0.1, -0.05) is 26.0 Å². The van der Waals surface area contributed by atoms with E-state index in [2.05, 4.69) is 19.2 Å². The van der Waals surface area contributed by atoms with Crippen LogP contribution in [0, 0.1) is 5.41 Å². The van der Waals surface area contributed by atoms with Crippen molar-refractivity contribution in [2.75, 3.05) is 6.54 Å². The van der Waals surface area contributed by atoms with Gasteiger partial charge in [0.25, 0.3) is 11.8 Å². The summed E-state index contributed by atoms with van der Waals surface area (Å²) in [5.74, 6) is -0.503. The van der Waals surface area contributed by atoms with Crippen LogP contribution in [0.4, 0.5) is 0 Å². The number of rotatable bonds is 5. The molecule has 2 aliphatic rings. The number of hydrogen-bond donors (Lipinski definition) is 1. The van der Waals surface area contributed by atoms with E-state index >= 15 is 0 Å². The van der Waals surface area contributed by atoms with E-state index in [4.69, 9.17) is 0 Å². The Morgan fingerprint density at radius 1 is 1.21 bits per heavy atom. The lowest BCUT2D eigenvalue weighted by Crippen LogP contribution is -2.35. The van der Waals surface area contributed by atoms with Gasteiger partial charge in [0.2, 0.25) is 5.91 Å². The second kappa shape index (κ2) is 6.38. The molecule has 0 aromatic heterocycles. The third kappa shape index (κ3) is 3.35. The number of amides is 3. The molecule has 1 heterocycles. The SMILES string of the molecule is CC1(C)CCC(NC(=O)CCCN2C(=O)c3ccccc3C2=O)C1. The van der Waals surface area contributed by atoms with E-state index in [1.54, 1.807) is 24.3 Å². The molecular formula is C19H24N2O3. The zero-order chi connectivity index (χ0) is 17.3. The van der Waals surface area contributed by atoms with Crippen molar-refractivity contribution in [1.82, 2.24) is 10.2 Å². The van der Waals surface area contributed by atoms with Crippen molar-refractivity contribution in [2.24, 2.45) is 5.41 Å². The van der Waals surface area contributed by atoms with Crippen molar-refractivity contribution in [3.8, 4) is 0 Å². The van der Waals surface area contributed by atoms with E-state index in [1.807, 2.05) is 0 Å². The minimum atomic E-state index is -0.256. The van der Waals surface area contributed by atoms with Crippen LogP contribution in [0.3, 0.4) is 0 Å². The average molecular weight is 328 g/mol. The van der Waals surface area contributed by atoms with Gasteiger partial charge in [0.05, 0.1) is 11.1 Å². The van der Waals surface area contributed by atoms with E-state index in [0.717, 1.165) is 19.3 Å². The first kappa shape index (κ1) is 16.7. The summed E-state index contributed by atoms with van der Waals surface area (Å²) in [5.41, 5.74) is 1.22. The molecule has 5 heteroatoms. The number of fused-ring (bicyclic) bond motifs is 1. The van der Waals surface area contributed by atoms with Crippen LogP contribution in [0.15, 0.2) is 24.3 Å². The molecule has 128 valence electrons. The van der Waals surface area contributed by atoms with Gasteiger partial charge < -0.3 is 5.32 Å². The molecule has 1 aromatic rings. The van der Waals surface area contributed by atoms with Crippen LogP contribution < -0.4 is 5.32 Å². The van der Waals surface area contributed by atoms with Gasteiger partial charge in [-0.25, -0.2) is 0 Å². The summed E-state index contributed by atoms with van der Waals surface area (Å²) in [4.78, 5) is 37.8. The Kier molecular flexibility index (Phi) is 4.43. The molecule has 24 heavy (non-hydrogen) atoms. The molecule has 1 aliphatic heterocycles. The summed E-state index contributed by atoms with van der Waals surface area (Å²) in [6, 6.07) is 7.11. The Morgan fingerprint density at radius 3 is 2.38 bits per heavy atom. The summed E-state index contributed by atoms with van der Waals surface area (Å²) in [5, 5.41) is 3.07. The van der Waals surface area contributed by atoms with Crippen molar-refractivity contribution in [3.05, 3.63) is 35.4 Å². The molecular weight excluding hydrogens is 304 g/mol. The molecule has 5 nitrogen and oxygen atoms in total. The zero-order valence-corrected chi connectivity index (χ0v) is 14.3. The zero-order valence-electron chi connectivity index (χ0n) is 14.3. The van der Waals surface area contributed by atoms with Crippen molar-refractivity contribution >= 4 is 17.7 Å². The van der Waals surface area contributed by atoms with Gasteiger partial charge >= 0.3 is 0 Å². The summed E-state index contributed by atoms with van der Waals surface area (Å²) in [7, 11) is 0. The first-order valence-electron chi connectivity index (χ1n) is 8.62. The maximum absolute atomic E-state index is 12.2. The quantitative estimate of drug-likeness (QED) is 0.845. The largest absolute Gasteiger partial charge is 0.353 e. The standard InChI is InChI=1S/C19H24N2O3/c1-19(2)10-9-13(12-19)20-16(22)8-5-11-21-17(23)14-6-3-4-7-15(14)18(21)24/h3-4,6-7,13H,5,8-12H2,1-2H3,(H,20,22). The fraction of sp³-hybridized carbons (Fsp3) is 0.526. The van der Waals surface area contributed by atoms with Crippen LogP contribution in [-0.2, 0) is 4.79 Å². The van der Waals surface area contributed by atoms with Crippen LogP contribution in [0.1, 0.15) is 66.7 Å². The van der Waals surface area contributed by atoms with Gasteiger partial charge in [-0.2, -0.15) is 0 Å². The molecule has 1 aromatic carbocycles. The first-order valence-corrected chi connectivity index (χ1v) is 8.62. The Labute approximate surface area is 142 Å². The molecule has 3 amide bonds. The topological polar surface area (TPSA) is 66.5 Å². The fourth-order valence-corrected chi connectivity index (χ4v) is 3.70. The maximum Gasteiger partial charge on any atom is 0.261 e. The lowest BCUT2D eigenvalue weighted by Gasteiger charge is -2.18. The van der Waals surface area contributed by atoms with Crippen molar-refractivity contribution < 1.29 is 14.4 Å². The second-order valence-corrected chi connectivity index (χ2v) is 7.58. The van der Waals surface area contributed by atoms with Gasteiger partial charge in [0.15, 0.2) is 0 Å². The predicted molar refractivity (Wildman–Crippen MR) is 90.6 cm³/mol.